The molecule has 0 aromatic heterocycles. The molecule has 0 fully saturated rings. The van der Waals surface area contributed by atoms with Crippen molar-refractivity contribution >= 4 is 5.91 Å². The molecule has 0 spiro atoms. The van der Waals surface area contributed by atoms with Crippen LogP contribution in [-0.4, -0.2) is 26.2 Å². The molecule has 0 aliphatic carbocycles. The molecule has 0 aromatic rings. The highest BCUT2D eigenvalue weighted by atomic mass is 16.5. The third-order valence-electron chi connectivity index (χ3n) is 0.825. The lowest BCUT2D eigenvalue weighted by Crippen LogP contribution is -2.21. The van der Waals surface area contributed by atoms with Gasteiger partial charge in [0.2, 0.25) is 0 Å². The summed E-state index contributed by atoms with van der Waals surface area (Å²) >= 11 is 0. The normalized spacial score (nSPS) is 7.00. The molecule has 0 saturated heterocycles. The van der Waals surface area contributed by atoms with E-state index in [9.17, 15) is 4.79 Å². The van der Waals surface area contributed by atoms with Crippen LogP contribution in [0.4, 0.5) is 0 Å². The average molecular weight is 183 g/mol. The molecule has 0 aliphatic rings. The minimum absolute atomic E-state index is 0.279. The van der Waals surface area contributed by atoms with Gasteiger partial charge in [0, 0.05) is 13.7 Å². The monoisotopic (exact) mass is 183 g/mol. The SMILES string of the molecule is C=CCNC(=O)C#CCOC.CC. The lowest BCUT2D eigenvalue weighted by molar-refractivity contribution is -0.115. The Morgan fingerprint density at radius 1 is 1.62 bits per heavy atom. The summed E-state index contributed by atoms with van der Waals surface area (Å²) in [6, 6.07) is 0. The number of methoxy groups -OCH3 is 1. The van der Waals surface area contributed by atoms with Crippen LogP contribution in [0.1, 0.15) is 13.8 Å². The number of carbonyl (C=O) groups is 1. The van der Waals surface area contributed by atoms with Gasteiger partial charge in [-0.05, 0) is 5.92 Å². The zero-order valence-corrected chi connectivity index (χ0v) is 8.52. The van der Waals surface area contributed by atoms with Crippen molar-refractivity contribution in [2.24, 2.45) is 0 Å². The van der Waals surface area contributed by atoms with Crippen LogP contribution >= 0.6 is 0 Å². The van der Waals surface area contributed by atoms with E-state index < -0.39 is 0 Å². The van der Waals surface area contributed by atoms with E-state index in [1.54, 1.807) is 6.08 Å². The first kappa shape index (κ1) is 14.3. The van der Waals surface area contributed by atoms with Gasteiger partial charge in [-0.3, -0.25) is 4.79 Å². The van der Waals surface area contributed by atoms with Crippen molar-refractivity contribution in [3.8, 4) is 11.8 Å². The molecule has 0 unspecified atom stereocenters. The van der Waals surface area contributed by atoms with Gasteiger partial charge in [-0.25, -0.2) is 0 Å². The van der Waals surface area contributed by atoms with Crippen LogP contribution in [-0.2, 0) is 9.53 Å². The molecule has 74 valence electrons. The minimum atomic E-state index is -0.304. The smallest absolute Gasteiger partial charge is 0.296 e. The van der Waals surface area contributed by atoms with E-state index in [1.807, 2.05) is 13.8 Å². The van der Waals surface area contributed by atoms with Gasteiger partial charge < -0.3 is 10.1 Å². The number of nitrogens with one attached hydrogen (secondary N) is 1. The first-order valence-corrected chi connectivity index (χ1v) is 4.17. The van der Waals surface area contributed by atoms with Crippen LogP contribution in [0.25, 0.3) is 0 Å². The summed E-state index contributed by atoms with van der Waals surface area (Å²) in [6.45, 7) is 8.17. The van der Waals surface area contributed by atoms with Gasteiger partial charge in [0.15, 0.2) is 0 Å². The Labute approximate surface area is 80.2 Å². The Morgan fingerprint density at radius 3 is 2.69 bits per heavy atom. The summed E-state index contributed by atoms with van der Waals surface area (Å²) in [7, 11) is 1.52. The fourth-order valence-corrected chi connectivity index (χ4v) is 0.398. The number of carbonyl (C=O) groups excluding carboxylic acids is 1. The molecule has 0 heterocycles. The molecule has 0 radical (unpaired) electrons. The molecule has 0 saturated carbocycles. The summed E-state index contributed by atoms with van der Waals surface area (Å²) < 4.78 is 4.62. The predicted octanol–water partition coefficient (Wildman–Crippen LogP) is 0.965. The minimum Gasteiger partial charge on any atom is -0.372 e. The summed E-state index contributed by atoms with van der Waals surface area (Å²) in [5, 5.41) is 2.51. The van der Waals surface area contributed by atoms with E-state index in [0.29, 0.717) is 6.54 Å². The maximum Gasteiger partial charge on any atom is 0.296 e. The van der Waals surface area contributed by atoms with E-state index >= 15 is 0 Å². The van der Waals surface area contributed by atoms with Crippen LogP contribution in [0.2, 0.25) is 0 Å². The molecule has 3 heteroatoms. The molecule has 13 heavy (non-hydrogen) atoms. The summed E-state index contributed by atoms with van der Waals surface area (Å²) in [4.78, 5) is 10.7. The molecular formula is C10H17NO2. The van der Waals surface area contributed by atoms with Gasteiger partial charge in [-0.1, -0.05) is 25.8 Å². The highest BCUT2D eigenvalue weighted by Gasteiger charge is 1.88. The van der Waals surface area contributed by atoms with Crippen LogP contribution in [0.3, 0.4) is 0 Å². The Morgan fingerprint density at radius 2 is 2.23 bits per heavy atom. The second-order valence-electron chi connectivity index (χ2n) is 1.73. The van der Waals surface area contributed by atoms with Gasteiger partial charge in [-0.15, -0.1) is 6.58 Å². The second-order valence-corrected chi connectivity index (χ2v) is 1.73. The van der Waals surface area contributed by atoms with Crippen LogP contribution in [0, 0.1) is 11.8 Å². The van der Waals surface area contributed by atoms with Crippen molar-refractivity contribution in [3.05, 3.63) is 12.7 Å². The molecule has 3 nitrogen and oxygen atoms in total. The molecule has 0 rings (SSSR count). The molecule has 0 aliphatic heterocycles. The third-order valence-corrected chi connectivity index (χ3v) is 0.825. The van der Waals surface area contributed by atoms with Crippen LogP contribution in [0.15, 0.2) is 12.7 Å². The van der Waals surface area contributed by atoms with Crippen molar-refractivity contribution in [1.29, 1.82) is 0 Å². The van der Waals surface area contributed by atoms with Crippen LogP contribution < -0.4 is 5.32 Å². The predicted molar refractivity (Wildman–Crippen MR) is 54.2 cm³/mol. The Hall–Kier alpha value is -1.27. The van der Waals surface area contributed by atoms with Crippen molar-refractivity contribution in [1.82, 2.24) is 5.32 Å². The van der Waals surface area contributed by atoms with Crippen molar-refractivity contribution in [2.75, 3.05) is 20.3 Å². The first-order valence-electron chi connectivity index (χ1n) is 4.17. The molecular weight excluding hydrogens is 166 g/mol. The third kappa shape index (κ3) is 13.7. The van der Waals surface area contributed by atoms with E-state index in [4.69, 9.17) is 0 Å². The number of amides is 1. The van der Waals surface area contributed by atoms with E-state index in [0.717, 1.165) is 0 Å². The summed E-state index contributed by atoms with van der Waals surface area (Å²) in [6.07, 6.45) is 1.59. The van der Waals surface area contributed by atoms with Gasteiger partial charge in [0.1, 0.15) is 6.61 Å². The zero-order valence-electron chi connectivity index (χ0n) is 8.52. The highest BCUT2D eigenvalue weighted by molar-refractivity contribution is 5.93. The Kier molecular flexibility index (Phi) is 14.6. The summed E-state index contributed by atoms with van der Waals surface area (Å²) in [5.74, 6) is 4.57. The quantitative estimate of drug-likeness (QED) is 0.523. The second kappa shape index (κ2) is 13.3. The Balaban J connectivity index is 0. The number of hydrogen-bond donors (Lipinski definition) is 1. The standard InChI is InChI=1S/C8H11NO2.C2H6/c1-3-6-9-8(10)5-4-7-11-2;1-2/h3H,1,6-7H2,2H3,(H,9,10);1-2H3. The van der Waals surface area contributed by atoms with Gasteiger partial charge in [-0.2, -0.15) is 0 Å². The van der Waals surface area contributed by atoms with Crippen molar-refractivity contribution < 1.29 is 9.53 Å². The lowest BCUT2D eigenvalue weighted by Gasteiger charge is -1.91. The highest BCUT2D eigenvalue weighted by Crippen LogP contribution is 1.65. The van der Waals surface area contributed by atoms with Crippen molar-refractivity contribution in [3.63, 3.8) is 0 Å². The van der Waals surface area contributed by atoms with Crippen LogP contribution in [0.5, 0.6) is 0 Å². The maximum atomic E-state index is 10.7. The average Bonchev–Trinajstić information content (AvgIpc) is 2.18. The van der Waals surface area contributed by atoms with Gasteiger partial charge in [0.05, 0.1) is 0 Å². The summed E-state index contributed by atoms with van der Waals surface area (Å²) in [5.41, 5.74) is 0. The molecule has 1 N–H and O–H groups in total. The fourth-order valence-electron chi connectivity index (χ4n) is 0.398. The number of hydrogen-bond acceptors (Lipinski definition) is 2. The molecule has 0 atom stereocenters. The Bertz CT molecular complexity index is 189. The zero-order chi connectivity index (χ0) is 10.5. The van der Waals surface area contributed by atoms with E-state index in [1.165, 1.54) is 7.11 Å². The van der Waals surface area contributed by atoms with Gasteiger partial charge in [0.25, 0.3) is 5.91 Å². The topological polar surface area (TPSA) is 38.3 Å². The van der Waals surface area contributed by atoms with E-state index in [-0.39, 0.29) is 12.5 Å². The molecule has 1 amide bonds. The number of ether oxygens (including phenoxy) is 1. The van der Waals surface area contributed by atoms with E-state index in [2.05, 4.69) is 28.5 Å². The first-order chi connectivity index (χ1) is 6.31. The van der Waals surface area contributed by atoms with Gasteiger partial charge >= 0.3 is 0 Å². The lowest BCUT2D eigenvalue weighted by atomic mass is 10.5. The molecule has 0 bridgehead atoms. The van der Waals surface area contributed by atoms with Crippen molar-refractivity contribution in [2.45, 2.75) is 13.8 Å². The fraction of sp³-hybridized carbons (Fsp3) is 0.500. The number of rotatable bonds is 3. The largest absolute Gasteiger partial charge is 0.372 e. The molecule has 0 aromatic carbocycles. The maximum absolute atomic E-state index is 10.7.